The third-order valence-corrected chi connectivity index (χ3v) is 1.16. The number of nitrogen functional groups attached to an aromatic ring is 1. The molecule has 0 fully saturated rings. The molecule has 0 unspecified atom stereocenters. The first-order chi connectivity index (χ1) is 5.18. The Morgan fingerprint density at radius 3 is 2.73 bits per heavy atom. The molecule has 0 aliphatic heterocycles. The summed E-state index contributed by atoms with van der Waals surface area (Å²) < 4.78 is 0. The van der Waals surface area contributed by atoms with Crippen LogP contribution in [0.5, 0.6) is 0 Å². The summed E-state index contributed by atoms with van der Waals surface area (Å²) in [4.78, 5) is 3.83. The van der Waals surface area contributed by atoms with Gasteiger partial charge in [0.15, 0.2) is 5.11 Å². The van der Waals surface area contributed by atoms with Gasteiger partial charge in [0.25, 0.3) is 0 Å². The van der Waals surface area contributed by atoms with Crippen LogP contribution in [0.2, 0.25) is 0 Å². The zero-order valence-electron chi connectivity index (χ0n) is 5.74. The smallest absolute Gasteiger partial charge is 0.168 e. The fourth-order valence-corrected chi connectivity index (χ4v) is 0.739. The van der Waals surface area contributed by atoms with Crippen molar-refractivity contribution in [2.75, 3.05) is 11.1 Å². The third kappa shape index (κ3) is 2.38. The average Bonchev–Trinajstić information content (AvgIpc) is 1.93. The first kappa shape index (κ1) is 7.74. The van der Waals surface area contributed by atoms with Gasteiger partial charge in [-0.15, -0.1) is 0 Å². The minimum absolute atomic E-state index is 0.219. The van der Waals surface area contributed by atoms with Crippen molar-refractivity contribution in [3.63, 3.8) is 0 Å². The molecule has 1 aromatic heterocycles. The Labute approximate surface area is 69.6 Å². The molecular formula is C6H8N4S. The second-order valence-corrected chi connectivity index (χ2v) is 2.40. The lowest BCUT2D eigenvalue weighted by Crippen LogP contribution is -2.18. The van der Waals surface area contributed by atoms with Crippen LogP contribution >= 0.6 is 12.2 Å². The predicted octanol–water partition coefficient (Wildman–Crippen LogP) is 0.319. The zero-order valence-corrected chi connectivity index (χ0v) is 6.56. The van der Waals surface area contributed by atoms with E-state index in [1.165, 1.54) is 0 Å². The first-order valence-electron chi connectivity index (χ1n) is 2.96. The summed E-state index contributed by atoms with van der Waals surface area (Å²) in [6, 6.07) is 3.42. The van der Waals surface area contributed by atoms with Crippen molar-refractivity contribution in [2.45, 2.75) is 0 Å². The summed E-state index contributed by atoms with van der Waals surface area (Å²) in [5, 5.41) is 2.94. The molecule has 0 amide bonds. The number of hydrogen-bond donors (Lipinski definition) is 3. The Morgan fingerprint density at radius 1 is 1.55 bits per heavy atom. The molecule has 0 spiro atoms. The number of nitrogens with one attached hydrogen (secondary N) is 1. The summed E-state index contributed by atoms with van der Waals surface area (Å²) in [5.41, 5.74) is 11.3. The summed E-state index contributed by atoms with van der Waals surface area (Å²) in [7, 11) is 0. The van der Waals surface area contributed by atoms with Crippen LogP contribution in [-0.4, -0.2) is 10.1 Å². The van der Waals surface area contributed by atoms with E-state index in [4.69, 9.17) is 11.5 Å². The molecule has 0 aromatic carbocycles. The molecule has 0 aliphatic carbocycles. The third-order valence-electron chi connectivity index (χ3n) is 1.05. The highest BCUT2D eigenvalue weighted by atomic mass is 32.1. The minimum Gasteiger partial charge on any atom is -0.384 e. The fraction of sp³-hybridized carbons (Fsp3) is 0. The first-order valence-corrected chi connectivity index (χ1v) is 3.37. The quantitative estimate of drug-likeness (QED) is 0.526. The molecule has 1 rings (SSSR count). The standard InChI is InChI=1S/C6H8N4S/c7-5-2-1-4(3-9-5)10-6(8)11/h1-3H,(H2,7,9)(H3,8,10,11). The van der Waals surface area contributed by atoms with Gasteiger partial charge in [-0.05, 0) is 24.4 Å². The Morgan fingerprint density at radius 2 is 2.27 bits per heavy atom. The van der Waals surface area contributed by atoms with Gasteiger partial charge in [0, 0.05) is 0 Å². The van der Waals surface area contributed by atoms with Crippen molar-refractivity contribution >= 4 is 28.8 Å². The maximum atomic E-state index is 5.35. The molecule has 5 N–H and O–H groups in total. The van der Waals surface area contributed by atoms with Gasteiger partial charge in [-0.25, -0.2) is 4.98 Å². The van der Waals surface area contributed by atoms with E-state index in [1.807, 2.05) is 0 Å². The summed E-state index contributed by atoms with van der Waals surface area (Å²) in [5.74, 6) is 0.471. The number of pyridine rings is 1. The van der Waals surface area contributed by atoms with Crippen LogP contribution in [0.4, 0.5) is 11.5 Å². The van der Waals surface area contributed by atoms with E-state index in [0.29, 0.717) is 5.82 Å². The highest BCUT2D eigenvalue weighted by molar-refractivity contribution is 7.80. The summed E-state index contributed by atoms with van der Waals surface area (Å²) in [6.45, 7) is 0. The van der Waals surface area contributed by atoms with Crippen LogP contribution in [0.3, 0.4) is 0 Å². The average molecular weight is 168 g/mol. The van der Waals surface area contributed by atoms with E-state index in [0.717, 1.165) is 5.69 Å². The molecule has 0 saturated carbocycles. The molecular weight excluding hydrogens is 160 g/mol. The monoisotopic (exact) mass is 168 g/mol. The lowest BCUT2D eigenvalue weighted by atomic mass is 10.4. The van der Waals surface area contributed by atoms with E-state index >= 15 is 0 Å². The molecule has 0 atom stereocenters. The molecule has 0 bridgehead atoms. The van der Waals surface area contributed by atoms with Gasteiger partial charge in [-0.2, -0.15) is 0 Å². The van der Waals surface area contributed by atoms with Crippen LogP contribution in [0, 0.1) is 0 Å². The molecule has 1 aromatic rings. The topological polar surface area (TPSA) is 77.0 Å². The van der Waals surface area contributed by atoms with Gasteiger partial charge in [-0.3, -0.25) is 0 Å². The van der Waals surface area contributed by atoms with E-state index in [9.17, 15) is 0 Å². The van der Waals surface area contributed by atoms with Gasteiger partial charge in [0.1, 0.15) is 5.82 Å². The van der Waals surface area contributed by atoms with Crippen LogP contribution in [-0.2, 0) is 0 Å². The lowest BCUT2D eigenvalue weighted by molar-refractivity contribution is 1.33. The number of thiocarbonyl (C=S) groups is 1. The van der Waals surface area contributed by atoms with E-state index in [2.05, 4.69) is 22.5 Å². The van der Waals surface area contributed by atoms with Crippen LogP contribution in [0.1, 0.15) is 0 Å². The van der Waals surface area contributed by atoms with Gasteiger partial charge in [-0.1, -0.05) is 0 Å². The SMILES string of the molecule is NC(=S)Nc1ccc(N)nc1. The molecule has 0 radical (unpaired) electrons. The van der Waals surface area contributed by atoms with Crippen LogP contribution in [0.25, 0.3) is 0 Å². The molecule has 4 nitrogen and oxygen atoms in total. The molecule has 0 saturated heterocycles. The van der Waals surface area contributed by atoms with Crippen molar-refractivity contribution in [1.29, 1.82) is 0 Å². The van der Waals surface area contributed by atoms with Crippen molar-refractivity contribution < 1.29 is 0 Å². The molecule has 11 heavy (non-hydrogen) atoms. The molecule has 0 aliphatic rings. The molecule has 58 valence electrons. The van der Waals surface area contributed by atoms with Crippen molar-refractivity contribution in [3.05, 3.63) is 18.3 Å². The number of nitrogens with two attached hydrogens (primary N) is 2. The van der Waals surface area contributed by atoms with Crippen molar-refractivity contribution in [2.24, 2.45) is 5.73 Å². The Kier molecular flexibility index (Phi) is 2.22. The van der Waals surface area contributed by atoms with Gasteiger partial charge >= 0.3 is 0 Å². The summed E-state index contributed by atoms with van der Waals surface area (Å²) in [6.07, 6.45) is 1.56. The second kappa shape index (κ2) is 3.16. The number of rotatable bonds is 1. The largest absolute Gasteiger partial charge is 0.384 e. The Bertz CT molecular complexity index is 256. The Balaban J connectivity index is 2.74. The van der Waals surface area contributed by atoms with Gasteiger partial charge in [0.2, 0.25) is 0 Å². The molecule has 5 heteroatoms. The molecule has 1 heterocycles. The second-order valence-electron chi connectivity index (χ2n) is 1.96. The highest BCUT2D eigenvalue weighted by Gasteiger charge is 1.91. The van der Waals surface area contributed by atoms with Crippen molar-refractivity contribution in [3.8, 4) is 0 Å². The van der Waals surface area contributed by atoms with E-state index in [-0.39, 0.29) is 5.11 Å². The number of hydrogen-bond acceptors (Lipinski definition) is 3. The summed E-state index contributed by atoms with van der Waals surface area (Å²) >= 11 is 4.62. The lowest BCUT2D eigenvalue weighted by Gasteiger charge is -2.01. The van der Waals surface area contributed by atoms with Gasteiger partial charge < -0.3 is 16.8 Å². The predicted molar refractivity (Wildman–Crippen MR) is 49.1 cm³/mol. The minimum atomic E-state index is 0.219. The number of anilines is 2. The van der Waals surface area contributed by atoms with Gasteiger partial charge in [0.05, 0.1) is 11.9 Å². The maximum absolute atomic E-state index is 5.35. The number of nitrogens with zero attached hydrogens (tertiary/aromatic N) is 1. The van der Waals surface area contributed by atoms with E-state index in [1.54, 1.807) is 18.3 Å². The van der Waals surface area contributed by atoms with E-state index < -0.39 is 0 Å². The maximum Gasteiger partial charge on any atom is 0.168 e. The highest BCUT2D eigenvalue weighted by Crippen LogP contribution is 2.05. The fourth-order valence-electron chi connectivity index (χ4n) is 0.622. The van der Waals surface area contributed by atoms with Crippen LogP contribution < -0.4 is 16.8 Å². The zero-order chi connectivity index (χ0) is 8.27. The van der Waals surface area contributed by atoms with Crippen molar-refractivity contribution in [1.82, 2.24) is 4.98 Å². The van der Waals surface area contributed by atoms with Crippen LogP contribution in [0.15, 0.2) is 18.3 Å². The Hall–Kier alpha value is -1.36. The number of aromatic nitrogens is 1. The normalized spacial score (nSPS) is 9.09.